The molecule has 150 valence electrons. The van der Waals surface area contributed by atoms with Gasteiger partial charge in [0.05, 0.1) is 28.1 Å². The summed E-state index contributed by atoms with van der Waals surface area (Å²) < 4.78 is 28.8. The number of esters is 1. The molecule has 1 saturated heterocycles. The highest BCUT2D eigenvalue weighted by Gasteiger charge is 2.36. The molecule has 0 unspecified atom stereocenters. The molecule has 1 amide bonds. The number of sulfone groups is 1. The zero-order valence-electron chi connectivity index (χ0n) is 15.9. The first-order valence-corrected chi connectivity index (χ1v) is 11.0. The van der Waals surface area contributed by atoms with Crippen LogP contribution in [0.25, 0.3) is 11.0 Å². The highest BCUT2D eigenvalue weighted by atomic mass is 32.2. The van der Waals surface area contributed by atoms with Crippen LogP contribution in [-0.2, 0) is 19.4 Å². The second kappa shape index (κ2) is 8.22. The van der Waals surface area contributed by atoms with Crippen molar-refractivity contribution in [3.8, 4) is 0 Å². The second-order valence-electron chi connectivity index (χ2n) is 6.95. The fraction of sp³-hybridized carbons (Fsp3) is 0.474. The van der Waals surface area contributed by atoms with Crippen LogP contribution in [0, 0.1) is 0 Å². The molecule has 2 heterocycles. The second-order valence-corrected chi connectivity index (χ2v) is 9.18. The SMILES string of the molecule is CC[C@H](C)N(C(=O)COC(=O)c1ccc2nccnc2c1)[C@@H]1CCS(=O)(=O)C1. The number of carbonyl (C=O) groups is 2. The molecule has 1 fully saturated rings. The van der Waals surface area contributed by atoms with Crippen LogP contribution in [0.4, 0.5) is 0 Å². The Morgan fingerprint density at radius 1 is 1.25 bits per heavy atom. The maximum atomic E-state index is 12.7. The number of nitrogens with zero attached hydrogens (tertiary/aromatic N) is 3. The summed E-state index contributed by atoms with van der Waals surface area (Å²) in [5.74, 6) is -0.981. The number of hydrogen-bond acceptors (Lipinski definition) is 7. The van der Waals surface area contributed by atoms with Gasteiger partial charge >= 0.3 is 5.97 Å². The van der Waals surface area contributed by atoms with E-state index >= 15 is 0 Å². The third-order valence-corrected chi connectivity index (χ3v) is 6.74. The normalized spacial score (nSPS) is 19.3. The largest absolute Gasteiger partial charge is 0.452 e. The minimum absolute atomic E-state index is 0.0413. The lowest BCUT2D eigenvalue weighted by atomic mass is 10.1. The summed E-state index contributed by atoms with van der Waals surface area (Å²) in [7, 11) is -3.13. The van der Waals surface area contributed by atoms with Crippen LogP contribution in [0.15, 0.2) is 30.6 Å². The Morgan fingerprint density at radius 3 is 2.61 bits per heavy atom. The molecule has 0 radical (unpaired) electrons. The Hall–Kier alpha value is -2.55. The van der Waals surface area contributed by atoms with Gasteiger partial charge in [0.25, 0.3) is 5.91 Å². The predicted molar refractivity (Wildman–Crippen MR) is 103 cm³/mol. The lowest BCUT2D eigenvalue weighted by Gasteiger charge is -2.33. The van der Waals surface area contributed by atoms with Crippen LogP contribution >= 0.6 is 0 Å². The molecular formula is C19H23N3O5S. The van der Waals surface area contributed by atoms with Crippen LogP contribution in [-0.4, -0.2) is 65.4 Å². The molecule has 2 aromatic rings. The Balaban J connectivity index is 1.68. The lowest BCUT2D eigenvalue weighted by molar-refractivity contribution is -0.138. The summed E-state index contributed by atoms with van der Waals surface area (Å²) in [4.78, 5) is 34.9. The fourth-order valence-corrected chi connectivity index (χ4v) is 5.09. The van der Waals surface area contributed by atoms with Gasteiger partial charge in [-0.15, -0.1) is 0 Å². The number of rotatable bonds is 6. The monoisotopic (exact) mass is 405 g/mol. The van der Waals surface area contributed by atoms with Crippen molar-refractivity contribution in [2.75, 3.05) is 18.1 Å². The van der Waals surface area contributed by atoms with Gasteiger partial charge in [0, 0.05) is 24.5 Å². The van der Waals surface area contributed by atoms with Gasteiger partial charge in [-0.25, -0.2) is 13.2 Å². The summed E-state index contributed by atoms with van der Waals surface area (Å²) >= 11 is 0. The summed E-state index contributed by atoms with van der Waals surface area (Å²) in [5, 5.41) is 0. The van der Waals surface area contributed by atoms with Gasteiger partial charge in [0.1, 0.15) is 0 Å². The van der Waals surface area contributed by atoms with E-state index in [1.54, 1.807) is 29.3 Å². The smallest absolute Gasteiger partial charge is 0.338 e. The van der Waals surface area contributed by atoms with E-state index in [9.17, 15) is 18.0 Å². The Labute approximate surface area is 163 Å². The van der Waals surface area contributed by atoms with Crippen molar-refractivity contribution in [2.24, 2.45) is 0 Å². The van der Waals surface area contributed by atoms with E-state index in [0.717, 1.165) is 0 Å². The Morgan fingerprint density at radius 2 is 1.96 bits per heavy atom. The summed E-state index contributed by atoms with van der Waals surface area (Å²) in [5.41, 5.74) is 1.49. The van der Waals surface area contributed by atoms with E-state index in [4.69, 9.17) is 4.74 Å². The average molecular weight is 405 g/mol. The topological polar surface area (TPSA) is 107 Å². The third-order valence-electron chi connectivity index (χ3n) is 4.99. The number of aromatic nitrogens is 2. The summed E-state index contributed by atoms with van der Waals surface area (Å²) in [6.07, 6.45) is 4.18. The molecule has 1 aromatic carbocycles. The number of carbonyl (C=O) groups excluding carboxylic acids is 2. The van der Waals surface area contributed by atoms with Crippen LogP contribution in [0.1, 0.15) is 37.0 Å². The predicted octanol–water partition coefficient (Wildman–Crippen LogP) is 1.60. The molecule has 1 aromatic heterocycles. The summed E-state index contributed by atoms with van der Waals surface area (Å²) in [6, 6.07) is 4.28. The number of amides is 1. The number of ether oxygens (including phenoxy) is 1. The molecule has 3 rings (SSSR count). The molecule has 0 bridgehead atoms. The molecule has 9 heteroatoms. The van der Waals surface area contributed by atoms with Crippen LogP contribution in [0.2, 0.25) is 0 Å². The van der Waals surface area contributed by atoms with Gasteiger partial charge < -0.3 is 9.64 Å². The van der Waals surface area contributed by atoms with Gasteiger partial charge in [-0.2, -0.15) is 0 Å². The van der Waals surface area contributed by atoms with Gasteiger partial charge in [-0.1, -0.05) is 6.92 Å². The number of fused-ring (bicyclic) bond motifs is 1. The minimum Gasteiger partial charge on any atom is -0.452 e. The first-order valence-electron chi connectivity index (χ1n) is 9.20. The van der Waals surface area contributed by atoms with E-state index in [2.05, 4.69) is 9.97 Å². The molecule has 8 nitrogen and oxygen atoms in total. The van der Waals surface area contributed by atoms with Crippen molar-refractivity contribution in [1.82, 2.24) is 14.9 Å². The highest BCUT2D eigenvalue weighted by molar-refractivity contribution is 7.91. The van der Waals surface area contributed by atoms with E-state index in [1.165, 1.54) is 6.20 Å². The van der Waals surface area contributed by atoms with Gasteiger partial charge in [0.2, 0.25) is 0 Å². The number of hydrogen-bond donors (Lipinski definition) is 0. The average Bonchev–Trinajstić information content (AvgIpc) is 3.04. The molecule has 1 aliphatic rings. The first-order chi connectivity index (χ1) is 13.3. The van der Waals surface area contributed by atoms with Gasteiger partial charge in [-0.05, 0) is 38.0 Å². The van der Waals surface area contributed by atoms with E-state index in [-0.39, 0.29) is 35.1 Å². The Bertz CT molecular complexity index is 992. The van der Waals surface area contributed by atoms with Gasteiger partial charge in [-0.3, -0.25) is 14.8 Å². The zero-order valence-corrected chi connectivity index (χ0v) is 16.7. The van der Waals surface area contributed by atoms with Crippen molar-refractivity contribution in [1.29, 1.82) is 0 Å². The van der Waals surface area contributed by atoms with Crippen LogP contribution in [0.5, 0.6) is 0 Å². The van der Waals surface area contributed by atoms with Crippen molar-refractivity contribution in [3.05, 3.63) is 36.2 Å². The molecule has 1 aliphatic heterocycles. The fourth-order valence-electron chi connectivity index (χ4n) is 3.38. The van der Waals surface area contributed by atoms with E-state index in [0.29, 0.717) is 23.9 Å². The lowest BCUT2D eigenvalue weighted by Crippen LogP contribution is -2.48. The molecular weight excluding hydrogens is 382 g/mol. The quantitative estimate of drug-likeness (QED) is 0.672. The standard InChI is InChI=1S/C19H23N3O5S/c1-3-13(2)22(15-6-9-28(25,26)12-15)18(23)11-27-19(24)14-4-5-16-17(10-14)21-8-7-20-16/h4-5,7-8,10,13,15H,3,6,9,11-12H2,1-2H3/t13-,15+/m0/s1. The molecule has 28 heavy (non-hydrogen) atoms. The molecule has 0 spiro atoms. The van der Waals surface area contributed by atoms with E-state index < -0.39 is 22.4 Å². The summed E-state index contributed by atoms with van der Waals surface area (Å²) in [6.45, 7) is 3.36. The molecule has 0 N–H and O–H groups in total. The Kier molecular flexibility index (Phi) is 5.93. The van der Waals surface area contributed by atoms with Crippen molar-refractivity contribution < 1.29 is 22.7 Å². The molecule has 2 atom stereocenters. The minimum atomic E-state index is -3.13. The van der Waals surface area contributed by atoms with Crippen LogP contribution in [0.3, 0.4) is 0 Å². The van der Waals surface area contributed by atoms with Gasteiger partial charge in [0.15, 0.2) is 16.4 Å². The zero-order chi connectivity index (χ0) is 20.3. The highest BCUT2D eigenvalue weighted by Crippen LogP contribution is 2.21. The molecule has 0 aliphatic carbocycles. The number of benzene rings is 1. The van der Waals surface area contributed by atoms with Crippen molar-refractivity contribution >= 4 is 32.7 Å². The van der Waals surface area contributed by atoms with Crippen LogP contribution < -0.4 is 0 Å². The van der Waals surface area contributed by atoms with E-state index in [1.807, 2.05) is 13.8 Å². The molecule has 0 saturated carbocycles. The van der Waals surface area contributed by atoms with Crippen molar-refractivity contribution in [3.63, 3.8) is 0 Å². The maximum Gasteiger partial charge on any atom is 0.338 e. The maximum absolute atomic E-state index is 12.7. The third kappa shape index (κ3) is 4.46. The van der Waals surface area contributed by atoms with Crippen molar-refractivity contribution in [2.45, 2.75) is 38.8 Å². The first kappa shape index (κ1) is 20.2.